The molecule has 0 saturated heterocycles. The maximum atomic E-state index is 2.37. The fourth-order valence-electron chi connectivity index (χ4n) is 5.15. The second-order valence-electron chi connectivity index (χ2n) is 9.18. The molecule has 0 radical (unpaired) electrons. The van der Waals surface area contributed by atoms with Crippen molar-refractivity contribution in [3.63, 3.8) is 0 Å². The Labute approximate surface area is 195 Å². The molecule has 0 nitrogen and oxygen atoms in total. The van der Waals surface area contributed by atoms with Crippen LogP contribution in [0.3, 0.4) is 0 Å². The average molecular weight is 423 g/mol. The van der Waals surface area contributed by atoms with Crippen LogP contribution < -0.4 is 0 Å². The van der Waals surface area contributed by atoms with E-state index in [2.05, 4.69) is 129 Å². The van der Waals surface area contributed by atoms with E-state index in [-0.39, 0.29) is 0 Å². The van der Waals surface area contributed by atoms with Gasteiger partial charge in [-0.15, -0.1) is 0 Å². The van der Waals surface area contributed by atoms with Gasteiger partial charge in [-0.1, -0.05) is 123 Å². The maximum absolute atomic E-state index is 2.37. The summed E-state index contributed by atoms with van der Waals surface area (Å²) in [5, 5.41) is 7.77. The molecule has 0 heteroatoms. The monoisotopic (exact) mass is 422 g/mol. The Morgan fingerprint density at radius 3 is 1.52 bits per heavy atom. The van der Waals surface area contributed by atoms with Crippen molar-refractivity contribution in [3.8, 4) is 22.3 Å². The lowest BCUT2D eigenvalue weighted by molar-refractivity contribution is 0.867. The molecule has 6 rings (SSSR count). The summed E-state index contributed by atoms with van der Waals surface area (Å²) in [7, 11) is 0. The number of benzene rings is 6. The summed E-state index contributed by atoms with van der Waals surface area (Å²) >= 11 is 0. The van der Waals surface area contributed by atoms with Gasteiger partial charge in [0.2, 0.25) is 0 Å². The first-order chi connectivity index (χ1) is 16.2. The molecule has 0 saturated carbocycles. The third-order valence-corrected chi connectivity index (χ3v) is 6.81. The van der Waals surface area contributed by atoms with E-state index in [1.54, 1.807) is 0 Å². The van der Waals surface area contributed by atoms with E-state index in [0.717, 1.165) is 0 Å². The topological polar surface area (TPSA) is 0 Å². The lowest BCUT2D eigenvalue weighted by atomic mass is 9.85. The zero-order valence-electron chi connectivity index (χ0n) is 19.0. The molecule has 0 aliphatic rings. The van der Waals surface area contributed by atoms with Crippen LogP contribution in [0.1, 0.15) is 25.3 Å². The van der Waals surface area contributed by atoms with Crippen molar-refractivity contribution in [1.82, 2.24) is 0 Å². The highest BCUT2D eigenvalue weighted by molar-refractivity contribution is 6.21. The predicted octanol–water partition coefficient (Wildman–Crippen LogP) is 9.60. The van der Waals surface area contributed by atoms with Crippen molar-refractivity contribution >= 4 is 32.3 Å². The van der Waals surface area contributed by atoms with E-state index >= 15 is 0 Å². The lowest BCUT2D eigenvalue weighted by Gasteiger charge is -2.18. The third kappa shape index (κ3) is 3.31. The molecule has 0 unspecified atom stereocenters. The molecule has 0 aliphatic carbocycles. The maximum Gasteiger partial charge on any atom is -0.00262 e. The lowest BCUT2D eigenvalue weighted by Crippen LogP contribution is -1.92. The van der Waals surface area contributed by atoms with Crippen LogP contribution in [0.25, 0.3) is 54.6 Å². The van der Waals surface area contributed by atoms with E-state index in [9.17, 15) is 0 Å². The predicted molar refractivity (Wildman–Crippen MR) is 144 cm³/mol. The number of rotatable bonds is 3. The summed E-state index contributed by atoms with van der Waals surface area (Å²) < 4.78 is 0. The van der Waals surface area contributed by atoms with Crippen molar-refractivity contribution in [2.24, 2.45) is 0 Å². The molecular weight excluding hydrogens is 396 g/mol. The van der Waals surface area contributed by atoms with Gasteiger partial charge in [0.1, 0.15) is 0 Å². The first-order valence-corrected chi connectivity index (χ1v) is 11.7. The summed E-state index contributed by atoms with van der Waals surface area (Å²) in [4.78, 5) is 0. The van der Waals surface area contributed by atoms with Gasteiger partial charge in [0, 0.05) is 0 Å². The van der Waals surface area contributed by atoms with Crippen molar-refractivity contribution < 1.29 is 0 Å². The van der Waals surface area contributed by atoms with Crippen LogP contribution in [0.4, 0.5) is 0 Å². The molecule has 6 aromatic carbocycles. The summed E-state index contributed by atoms with van der Waals surface area (Å²) in [5.41, 5.74) is 6.57. The van der Waals surface area contributed by atoms with Gasteiger partial charge in [-0.25, -0.2) is 0 Å². The Morgan fingerprint density at radius 1 is 0.424 bits per heavy atom. The summed E-state index contributed by atoms with van der Waals surface area (Å²) in [6.45, 7) is 4.52. The van der Waals surface area contributed by atoms with Crippen LogP contribution >= 0.6 is 0 Å². The average Bonchev–Trinajstić information content (AvgIpc) is 2.87. The van der Waals surface area contributed by atoms with Crippen molar-refractivity contribution in [2.75, 3.05) is 0 Å². The van der Waals surface area contributed by atoms with Gasteiger partial charge in [-0.05, 0) is 72.1 Å². The van der Waals surface area contributed by atoms with E-state index in [0.29, 0.717) is 5.92 Å². The van der Waals surface area contributed by atoms with Crippen molar-refractivity contribution in [1.29, 1.82) is 0 Å². The highest BCUT2D eigenvalue weighted by Crippen LogP contribution is 2.44. The fourth-order valence-corrected chi connectivity index (χ4v) is 5.15. The second-order valence-corrected chi connectivity index (χ2v) is 9.18. The largest absolute Gasteiger partial charge is 0.0616 e. The van der Waals surface area contributed by atoms with Crippen LogP contribution in [0.5, 0.6) is 0 Å². The van der Waals surface area contributed by atoms with Gasteiger partial charge < -0.3 is 0 Å². The van der Waals surface area contributed by atoms with E-state index < -0.39 is 0 Å². The molecule has 33 heavy (non-hydrogen) atoms. The Kier molecular flexibility index (Phi) is 4.73. The molecule has 6 aromatic rings. The van der Waals surface area contributed by atoms with E-state index in [1.165, 1.54) is 60.1 Å². The number of fused-ring (bicyclic) bond motifs is 3. The van der Waals surface area contributed by atoms with Crippen LogP contribution in [0.15, 0.2) is 115 Å². The summed E-state index contributed by atoms with van der Waals surface area (Å²) in [6.07, 6.45) is 0. The van der Waals surface area contributed by atoms with Crippen LogP contribution in [0, 0.1) is 0 Å². The molecule has 0 aliphatic heterocycles. The molecule has 0 N–H and O–H groups in total. The molecular formula is C33H26. The first kappa shape index (κ1) is 19.8. The Hall–Kier alpha value is -3.90. The van der Waals surface area contributed by atoms with Gasteiger partial charge in [-0.2, -0.15) is 0 Å². The van der Waals surface area contributed by atoms with Gasteiger partial charge in [-0.3, -0.25) is 0 Å². The van der Waals surface area contributed by atoms with Crippen molar-refractivity contribution in [2.45, 2.75) is 19.8 Å². The van der Waals surface area contributed by atoms with Gasteiger partial charge in [0.15, 0.2) is 0 Å². The molecule has 0 atom stereocenters. The molecule has 0 amide bonds. The third-order valence-electron chi connectivity index (χ3n) is 6.81. The summed E-state index contributed by atoms with van der Waals surface area (Å²) in [5.74, 6) is 0.499. The zero-order valence-corrected chi connectivity index (χ0v) is 19.0. The highest BCUT2D eigenvalue weighted by atomic mass is 14.2. The number of hydrogen-bond acceptors (Lipinski definition) is 0. The standard InChI is InChI=1S/C33H26/c1-22(2)24-12-9-13-26(20-24)32-28-14-5-7-16-30(28)33(31-17-8-6-15-29(31)32)27-19-18-23-10-3-4-11-25(23)21-27/h3-22H,1-2H3. The fraction of sp³-hybridized carbons (Fsp3) is 0.0909. The normalized spacial score (nSPS) is 11.6. The molecule has 158 valence electrons. The minimum Gasteiger partial charge on any atom is -0.0616 e. The molecule has 0 aromatic heterocycles. The van der Waals surface area contributed by atoms with E-state index in [1.807, 2.05) is 0 Å². The van der Waals surface area contributed by atoms with Crippen LogP contribution in [-0.4, -0.2) is 0 Å². The summed E-state index contributed by atoms with van der Waals surface area (Å²) in [6, 6.07) is 42.3. The van der Waals surface area contributed by atoms with Gasteiger partial charge in [0.25, 0.3) is 0 Å². The van der Waals surface area contributed by atoms with E-state index in [4.69, 9.17) is 0 Å². The quantitative estimate of drug-likeness (QED) is 0.249. The Balaban J connectivity index is 1.74. The highest BCUT2D eigenvalue weighted by Gasteiger charge is 2.17. The van der Waals surface area contributed by atoms with Crippen LogP contribution in [-0.2, 0) is 0 Å². The van der Waals surface area contributed by atoms with Crippen LogP contribution in [0.2, 0.25) is 0 Å². The molecule has 0 bridgehead atoms. The SMILES string of the molecule is CC(C)c1cccc(-c2c3ccccc3c(-c3ccc4ccccc4c3)c3ccccc23)c1. The van der Waals surface area contributed by atoms with Gasteiger partial charge >= 0.3 is 0 Å². The Bertz CT molecular complexity index is 1580. The first-order valence-electron chi connectivity index (χ1n) is 11.7. The van der Waals surface area contributed by atoms with Crippen molar-refractivity contribution in [3.05, 3.63) is 121 Å². The second kappa shape index (κ2) is 7.90. The smallest absolute Gasteiger partial charge is 0.00262 e. The minimum atomic E-state index is 0.499. The molecule has 0 spiro atoms. The molecule has 0 fully saturated rings. The minimum absolute atomic E-state index is 0.499. The molecule has 0 heterocycles. The zero-order chi connectivity index (χ0) is 22.4. The van der Waals surface area contributed by atoms with Gasteiger partial charge in [0.05, 0.1) is 0 Å². The number of hydrogen-bond donors (Lipinski definition) is 0. The Morgan fingerprint density at radius 2 is 0.939 bits per heavy atom.